The van der Waals surface area contributed by atoms with Crippen LogP contribution in [-0.2, 0) is 7.05 Å². The van der Waals surface area contributed by atoms with E-state index in [0.29, 0.717) is 35.7 Å². The summed E-state index contributed by atoms with van der Waals surface area (Å²) >= 11 is 6.39. The quantitative estimate of drug-likeness (QED) is 0.459. The molecule has 0 saturated carbocycles. The Morgan fingerprint density at radius 1 is 1.22 bits per heavy atom. The van der Waals surface area contributed by atoms with Crippen LogP contribution in [0, 0.1) is 11.3 Å². The smallest absolute Gasteiger partial charge is 0.406 e. The number of alkyl halides is 4. The average Bonchev–Trinajstić information content (AvgIpc) is 2.85. The molecule has 0 N–H and O–H groups in total. The molecule has 3 heterocycles. The van der Waals surface area contributed by atoms with Gasteiger partial charge in [0, 0.05) is 50.2 Å². The Balaban J connectivity index is 1.63. The van der Waals surface area contributed by atoms with Crippen molar-refractivity contribution < 1.29 is 17.9 Å². The first-order valence-electron chi connectivity index (χ1n) is 11.4. The van der Waals surface area contributed by atoms with Crippen molar-refractivity contribution in [1.29, 1.82) is 5.26 Å². The van der Waals surface area contributed by atoms with E-state index >= 15 is 0 Å². The summed E-state index contributed by atoms with van der Waals surface area (Å²) in [7, 11) is 1.66. The molecule has 7 nitrogen and oxygen atoms in total. The maximum atomic E-state index is 12.7. The van der Waals surface area contributed by atoms with Gasteiger partial charge in [0.1, 0.15) is 23.0 Å². The number of hydrogen-bond donors (Lipinski definition) is 0. The second-order valence-electron chi connectivity index (χ2n) is 8.90. The van der Waals surface area contributed by atoms with Crippen LogP contribution in [0.1, 0.15) is 31.1 Å². The number of aromatic nitrogens is 2. The zero-order valence-electron chi connectivity index (χ0n) is 20.0. The number of rotatable bonds is 5. The van der Waals surface area contributed by atoms with E-state index in [1.54, 1.807) is 31.3 Å². The van der Waals surface area contributed by atoms with Crippen LogP contribution in [-0.4, -0.2) is 51.9 Å². The zero-order chi connectivity index (χ0) is 26.2. The molecule has 0 bridgehead atoms. The van der Waals surface area contributed by atoms with E-state index in [9.17, 15) is 23.2 Å². The fraction of sp³-hybridized carbons (Fsp3) is 0.400. The van der Waals surface area contributed by atoms with Gasteiger partial charge >= 0.3 is 6.36 Å². The van der Waals surface area contributed by atoms with Crippen molar-refractivity contribution >= 4 is 28.3 Å². The highest BCUT2D eigenvalue weighted by Crippen LogP contribution is 2.33. The van der Waals surface area contributed by atoms with Crippen molar-refractivity contribution in [2.75, 3.05) is 23.9 Å². The maximum Gasteiger partial charge on any atom is 0.573 e. The van der Waals surface area contributed by atoms with Crippen molar-refractivity contribution in [1.82, 2.24) is 14.5 Å². The van der Waals surface area contributed by atoms with Gasteiger partial charge in [0.2, 0.25) is 0 Å². The number of fused-ring (bicyclic) bond motifs is 1. The van der Waals surface area contributed by atoms with Crippen molar-refractivity contribution in [3.05, 3.63) is 64.1 Å². The van der Waals surface area contributed by atoms with Crippen molar-refractivity contribution in [3.63, 3.8) is 0 Å². The molecule has 1 fully saturated rings. The number of ether oxygens (including phenoxy) is 1. The second-order valence-corrected chi connectivity index (χ2v) is 9.21. The number of pyridine rings is 2. The van der Waals surface area contributed by atoms with E-state index in [2.05, 4.69) is 25.6 Å². The number of piperazine rings is 1. The monoisotopic (exact) mass is 519 g/mol. The predicted molar refractivity (Wildman–Crippen MR) is 131 cm³/mol. The zero-order valence-corrected chi connectivity index (χ0v) is 20.7. The first-order chi connectivity index (χ1) is 17.0. The summed E-state index contributed by atoms with van der Waals surface area (Å²) in [5, 5.41) is 9.35. The highest BCUT2D eigenvalue weighted by atomic mass is 35.5. The van der Waals surface area contributed by atoms with Crippen LogP contribution < -0.4 is 15.2 Å². The molecule has 1 saturated heterocycles. The number of benzene rings is 1. The van der Waals surface area contributed by atoms with Crippen molar-refractivity contribution in [3.8, 4) is 11.8 Å². The number of halogens is 4. The molecule has 0 aliphatic carbocycles. The summed E-state index contributed by atoms with van der Waals surface area (Å²) in [6.07, 6.45) is -4.74. The molecular formula is C25H25ClF3N5O2. The van der Waals surface area contributed by atoms with Gasteiger partial charge in [-0.25, -0.2) is 4.98 Å². The van der Waals surface area contributed by atoms with Gasteiger partial charge in [-0.15, -0.1) is 24.8 Å². The SMILES string of the molecule is CC(c1ccc(OC(F)(F)F)cc1)N1C[C@H](C)N(c2cc(=O)n(C)c3ccc(C#N)nc23)C[C@H]1CCl. The summed E-state index contributed by atoms with van der Waals surface area (Å²) in [6, 6.07) is 12.5. The summed E-state index contributed by atoms with van der Waals surface area (Å²) in [4.78, 5) is 21.5. The van der Waals surface area contributed by atoms with Crippen LogP contribution in [0.25, 0.3) is 11.0 Å². The largest absolute Gasteiger partial charge is 0.573 e. The Bertz CT molecular complexity index is 1350. The molecule has 1 aromatic carbocycles. The van der Waals surface area contributed by atoms with Crippen molar-refractivity contribution in [2.45, 2.75) is 38.3 Å². The van der Waals surface area contributed by atoms with Crippen LogP contribution in [0.2, 0.25) is 0 Å². The lowest BCUT2D eigenvalue weighted by atomic mass is 10.00. The van der Waals surface area contributed by atoms with Gasteiger partial charge < -0.3 is 14.2 Å². The number of aryl methyl sites for hydroxylation is 1. The van der Waals surface area contributed by atoms with Gasteiger partial charge in [0.05, 0.1) is 11.2 Å². The van der Waals surface area contributed by atoms with E-state index in [-0.39, 0.29) is 35.1 Å². The first kappa shape index (κ1) is 25.8. The molecule has 1 aliphatic heterocycles. The average molecular weight is 520 g/mol. The molecular weight excluding hydrogens is 495 g/mol. The molecule has 11 heteroatoms. The lowest BCUT2D eigenvalue weighted by Crippen LogP contribution is -2.59. The Morgan fingerprint density at radius 3 is 2.53 bits per heavy atom. The Hall–Kier alpha value is -3.29. The number of anilines is 1. The van der Waals surface area contributed by atoms with Crippen LogP contribution in [0.4, 0.5) is 18.9 Å². The van der Waals surface area contributed by atoms with E-state index < -0.39 is 6.36 Å². The molecule has 1 aliphatic rings. The van der Waals surface area contributed by atoms with E-state index in [1.165, 1.54) is 22.8 Å². The van der Waals surface area contributed by atoms with Crippen LogP contribution in [0.5, 0.6) is 5.75 Å². The van der Waals surface area contributed by atoms with E-state index in [0.717, 1.165) is 5.56 Å². The molecule has 0 radical (unpaired) electrons. The molecule has 3 atom stereocenters. The normalized spacial score (nSPS) is 19.8. The summed E-state index contributed by atoms with van der Waals surface area (Å²) in [5.41, 5.74) is 2.75. The molecule has 3 aromatic rings. The van der Waals surface area contributed by atoms with Crippen LogP contribution >= 0.6 is 11.6 Å². The Labute approximate surface area is 211 Å². The molecule has 0 amide bonds. The Morgan fingerprint density at radius 2 is 1.92 bits per heavy atom. The molecule has 0 spiro atoms. The molecule has 36 heavy (non-hydrogen) atoms. The molecule has 2 aromatic heterocycles. The van der Waals surface area contributed by atoms with Gasteiger partial charge in [0.15, 0.2) is 0 Å². The summed E-state index contributed by atoms with van der Waals surface area (Å²) in [5.74, 6) is 0.0370. The fourth-order valence-corrected chi connectivity index (χ4v) is 5.02. The first-order valence-corrected chi connectivity index (χ1v) is 11.9. The minimum Gasteiger partial charge on any atom is -0.406 e. The third-order valence-electron chi connectivity index (χ3n) is 6.65. The highest BCUT2D eigenvalue weighted by Gasteiger charge is 2.36. The van der Waals surface area contributed by atoms with E-state index in [4.69, 9.17) is 11.6 Å². The van der Waals surface area contributed by atoms with Crippen molar-refractivity contribution in [2.24, 2.45) is 7.05 Å². The standard InChI is InChI=1S/C25H25ClF3N5O2/c1-15-13-34(16(2)17-4-7-20(8-5-17)36-25(27,28)29)19(11-26)14-33(15)22-10-23(35)32(3)21-9-6-18(12-30)31-24(21)22/h4-10,15-16,19H,11,13-14H2,1-3H3/t15-,16?,19+/m0/s1. The number of nitrogens with zero attached hydrogens (tertiary/aromatic N) is 5. The third-order valence-corrected chi connectivity index (χ3v) is 7.00. The lowest BCUT2D eigenvalue weighted by Gasteiger charge is -2.48. The lowest BCUT2D eigenvalue weighted by molar-refractivity contribution is -0.274. The topological polar surface area (TPSA) is 74.4 Å². The van der Waals surface area contributed by atoms with Gasteiger partial charge in [-0.05, 0) is 43.7 Å². The molecule has 190 valence electrons. The maximum absolute atomic E-state index is 12.7. The van der Waals surface area contributed by atoms with Gasteiger partial charge in [-0.3, -0.25) is 9.69 Å². The molecule has 1 unspecified atom stereocenters. The van der Waals surface area contributed by atoms with Gasteiger partial charge in [0.25, 0.3) is 5.56 Å². The van der Waals surface area contributed by atoms with Crippen LogP contribution in [0.15, 0.2) is 47.3 Å². The van der Waals surface area contributed by atoms with E-state index in [1.807, 2.05) is 13.8 Å². The molecule has 4 rings (SSSR count). The van der Waals surface area contributed by atoms with Crippen LogP contribution in [0.3, 0.4) is 0 Å². The van der Waals surface area contributed by atoms with Gasteiger partial charge in [-0.2, -0.15) is 5.26 Å². The third kappa shape index (κ3) is 5.13. The van der Waals surface area contributed by atoms with Gasteiger partial charge in [-0.1, -0.05) is 12.1 Å². The summed E-state index contributed by atoms with van der Waals surface area (Å²) in [6.45, 7) is 5.11. The number of hydrogen-bond acceptors (Lipinski definition) is 6. The minimum absolute atomic E-state index is 0.0393. The summed E-state index contributed by atoms with van der Waals surface area (Å²) < 4.78 is 43.0. The second kappa shape index (κ2) is 9.99. The minimum atomic E-state index is -4.74. The number of nitriles is 1. The highest BCUT2D eigenvalue weighted by molar-refractivity contribution is 6.18. The predicted octanol–water partition coefficient (Wildman–Crippen LogP) is 4.58. The Kier molecular flexibility index (Phi) is 7.16. The fourth-order valence-electron chi connectivity index (χ4n) is 4.74.